The van der Waals surface area contributed by atoms with Crippen molar-refractivity contribution in [3.63, 3.8) is 0 Å². The van der Waals surface area contributed by atoms with Gasteiger partial charge in [-0.05, 0) is 12.0 Å². The average molecular weight is 192 g/mol. The Morgan fingerprint density at radius 2 is 2.43 bits per heavy atom. The second kappa shape index (κ2) is 4.58. The molecule has 1 aliphatic carbocycles. The van der Waals surface area contributed by atoms with Gasteiger partial charge in [0.2, 0.25) is 0 Å². The van der Waals surface area contributed by atoms with Crippen molar-refractivity contribution in [2.24, 2.45) is 0 Å². The molecule has 0 aromatic rings. The van der Waals surface area contributed by atoms with Crippen LogP contribution < -0.4 is 0 Å². The van der Waals surface area contributed by atoms with Gasteiger partial charge in [-0.2, -0.15) is 0 Å². The van der Waals surface area contributed by atoms with Gasteiger partial charge in [-0.25, -0.2) is 0 Å². The van der Waals surface area contributed by atoms with Crippen molar-refractivity contribution in [2.75, 3.05) is 13.2 Å². The number of hydrogen-bond acceptors (Lipinski definition) is 2. The molecule has 1 saturated heterocycles. The molecule has 0 aromatic heterocycles. The van der Waals surface area contributed by atoms with E-state index in [1.54, 1.807) is 0 Å². The van der Waals surface area contributed by atoms with Crippen molar-refractivity contribution in [1.29, 1.82) is 0 Å². The molecular weight excluding hydrogens is 176 g/mol. The van der Waals surface area contributed by atoms with Crippen molar-refractivity contribution in [3.8, 4) is 0 Å². The monoisotopic (exact) mass is 192 g/mol. The van der Waals surface area contributed by atoms with Gasteiger partial charge in [-0.1, -0.05) is 37.3 Å². The maximum Gasteiger partial charge on any atom is 0.104 e. The Kier molecular flexibility index (Phi) is 3.17. The third-order valence-corrected chi connectivity index (χ3v) is 2.32. The van der Waals surface area contributed by atoms with Crippen LogP contribution in [-0.4, -0.2) is 25.4 Å². The molecule has 0 spiro atoms. The minimum atomic E-state index is 0.129. The molecule has 2 rings (SSSR count). The van der Waals surface area contributed by atoms with Crippen molar-refractivity contribution >= 4 is 0 Å². The average Bonchev–Trinajstić information content (AvgIpc) is 3.01. The van der Waals surface area contributed by atoms with Crippen molar-refractivity contribution in [3.05, 3.63) is 36.0 Å². The predicted molar refractivity (Wildman–Crippen MR) is 56.1 cm³/mol. The Labute approximate surface area is 84.9 Å². The second-order valence-corrected chi connectivity index (χ2v) is 3.57. The highest BCUT2D eigenvalue weighted by atomic mass is 16.6. The minimum absolute atomic E-state index is 0.129. The highest BCUT2D eigenvalue weighted by Gasteiger charge is 2.24. The van der Waals surface area contributed by atoms with Crippen LogP contribution in [-0.2, 0) is 9.47 Å². The van der Waals surface area contributed by atoms with Crippen LogP contribution in [0.15, 0.2) is 36.0 Å². The summed E-state index contributed by atoms with van der Waals surface area (Å²) in [6.45, 7) is 3.71. The van der Waals surface area contributed by atoms with E-state index in [0.29, 0.717) is 12.7 Å². The summed E-state index contributed by atoms with van der Waals surface area (Å²) >= 11 is 0. The summed E-state index contributed by atoms with van der Waals surface area (Å²) in [4.78, 5) is 0. The van der Waals surface area contributed by atoms with Gasteiger partial charge >= 0.3 is 0 Å². The molecular formula is C12H16O2. The lowest BCUT2D eigenvalue weighted by Crippen LogP contribution is -2.16. The van der Waals surface area contributed by atoms with Crippen LogP contribution in [0.3, 0.4) is 0 Å². The van der Waals surface area contributed by atoms with Gasteiger partial charge in [-0.3, -0.25) is 0 Å². The topological polar surface area (TPSA) is 21.8 Å². The van der Waals surface area contributed by atoms with Crippen LogP contribution in [0.25, 0.3) is 0 Å². The number of allylic oxidation sites excluding steroid dienone is 3. The SMILES string of the molecule is CCC=C1C=CC=CC1OCC1CO1. The maximum atomic E-state index is 5.74. The zero-order chi connectivity index (χ0) is 9.80. The molecule has 2 unspecified atom stereocenters. The number of hydrogen-bond donors (Lipinski definition) is 0. The lowest BCUT2D eigenvalue weighted by molar-refractivity contribution is 0.0939. The van der Waals surface area contributed by atoms with Gasteiger partial charge in [0.05, 0.1) is 13.2 Å². The van der Waals surface area contributed by atoms with Gasteiger partial charge in [0.25, 0.3) is 0 Å². The highest BCUT2D eigenvalue weighted by Crippen LogP contribution is 2.18. The number of ether oxygens (including phenoxy) is 2. The lowest BCUT2D eigenvalue weighted by Gasteiger charge is -2.17. The quantitative estimate of drug-likeness (QED) is 0.637. The summed E-state index contributed by atoms with van der Waals surface area (Å²) in [7, 11) is 0. The standard InChI is InChI=1S/C12H16O2/c1-2-5-10-6-3-4-7-12(10)14-9-11-8-13-11/h3-7,11-12H,2,8-9H2,1H3. The summed E-state index contributed by atoms with van der Waals surface area (Å²) in [5.41, 5.74) is 1.26. The van der Waals surface area contributed by atoms with Gasteiger partial charge in [0, 0.05) is 0 Å². The van der Waals surface area contributed by atoms with Crippen LogP contribution in [0.1, 0.15) is 13.3 Å². The molecule has 14 heavy (non-hydrogen) atoms. The molecule has 0 aromatic carbocycles. The Morgan fingerprint density at radius 1 is 1.57 bits per heavy atom. The number of rotatable bonds is 4. The third kappa shape index (κ3) is 2.56. The molecule has 76 valence electrons. The van der Waals surface area contributed by atoms with Crippen LogP contribution in [0.2, 0.25) is 0 Å². The first kappa shape index (κ1) is 9.69. The molecule has 2 heteroatoms. The molecule has 1 fully saturated rings. The molecule has 0 radical (unpaired) electrons. The first-order chi connectivity index (χ1) is 6.90. The largest absolute Gasteiger partial charge is 0.371 e. The molecule has 0 bridgehead atoms. The van der Waals surface area contributed by atoms with Gasteiger partial charge in [0.15, 0.2) is 0 Å². The molecule has 2 aliphatic rings. The van der Waals surface area contributed by atoms with E-state index in [0.717, 1.165) is 13.0 Å². The van der Waals surface area contributed by atoms with Crippen LogP contribution in [0.5, 0.6) is 0 Å². The van der Waals surface area contributed by atoms with Crippen LogP contribution in [0, 0.1) is 0 Å². The first-order valence-corrected chi connectivity index (χ1v) is 5.18. The fourth-order valence-electron chi connectivity index (χ4n) is 1.48. The summed E-state index contributed by atoms with van der Waals surface area (Å²) in [6, 6.07) is 0. The summed E-state index contributed by atoms with van der Waals surface area (Å²) in [6.07, 6.45) is 12.0. The minimum Gasteiger partial charge on any atom is -0.371 e. The summed E-state index contributed by atoms with van der Waals surface area (Å²) < 4.78 is 10.8. The van der Waals surface area contributed by atoms with E-state index in [-0.39, 0.29) is 6.10 Å². The Bertz CT molecular complexity index is 272. The molecule has 0 saturated carbocycles. The van der Waals surface area contributed by atoms with E-state index >= 15 is 0 Å². The van der Waals surface area contributed by atoms with E-state index in [2.05, 4.69) is 31.2 Å². The zero-order valence-electron chi connectivity index (χ0n) is 8.48. The van der Waals surface area contributed by atoms with E-state index in [1.807, 2.05) is 6.08 Å². The van der Waals surface area contributed by atoms with Crippen molar-refractivity contribution in [2.45, 2.75) is 25.6 Å². The predicted octanol–water partition coefficient (Wildman–Crippen LogP) is 2.23. The second-order valence-electron chi connectivity index (χ2n) is 3.57. The van der Waals surface area contributed by atoms with E-state index in [4.69, 9.17) is 9.47 Å². The maximum absolute atomic E-state index is 5.74. The van der Waals surface area contributed by atoms with E-state index in [1.165, 1.54) is 5.57 Å². The molecule has 1 aliphatic heterocycles. The number of epoxide rings is 1. The molecule has 2 atom stereocenters. The summed E-state index contributed by atoms with van der Waals surface area (Å²) in [5.74, 6) is 0. The normalized spacial score (nSPS) is 32.5. The molecule has 0 amide bonds. The first-order valence-electron chi connectivity index (χ1n) is 5.18. The highest BCUT2D eigenvalue weighted by molar-refractivity contribution is 5.34. The zero-order valence-corrected chi connectivity index (χ0v) is 8.48. The van der Waals surface area contributed by atoms with E-state index in [9.17, 15) is 0 Å². The van der Waals surface area contributed by atoms with Crippen LogP contribution in [0.4, 0.5) is 0 Å². The van der Waals surface area contributed by atoms with Gasteiger partial charge in [0.1, 0.15) is 12.2 Å². The molecule has 2 nitrogen and oxygen atoms in total. The fraction of sp³-hybridized carbons (Fsp3) is 0.500. The molecule has 0 N–H and O–H groups in total. The smallest absolute Gasteiger partial charge is 0.104 e. The van der Waals surface area contributed by atoms with Gasteiger partial charge in [-0.15, -0.1) is 0 Å². The van der Waals surface area contributed by atoms with Gasteiger partial charge < -0.3 is 9.47 Å². The summed E-state index contributed by atoms with van der Waals surface area (Å²) in [5, 5.41) is 0. The Balaban J connectivity index is 1.89. The fourth-order valence-corrected chi connectivity index (χ4v) is 1.48. The third-order valence-electron chi connectivity index (χ3n) is 2.32. The van der Waals surface area contributed by atoms with E-state index < -0.39 is 0 Å². The Hall–Kier alpha value is -0.860. The molecule has 1 heterocycles. The van der Waals surface area contributed by atoms with Crippen molar-refractivity contribution < 1.29 is 9.47 Å². The van der Waals surface area contributed by atoms with Crippen molar-refractivity contribution in [1.82, 2.24) is 0 Å². The van der Waals surface area contributed by atoms with Crippen LogP contribution >= 0.6 is 0 Å². The lowest BCUT2D eigenvalue weighted by atomic mass is 10.0. The Morgan fingerprint density at radius 3 is 3.14 bits per heavy atom.